The van der Waals surface area contributed by atoms with Crippen LogP contribution in [0.4, 0.5) is 0 Å². The van der Waals surface area contributed by atoms with Crippen molar-refractivity contribution in [2.75, 3.05) is 7.11 Å². The first kappa shape index (κ1) is 10.4. The number of ether oxygens (including phenoxy) is 1. The predicted octanol–water partition coefficient (Wildman–Crippen LogP) is 1.66. The molecule has 0 atom stereocenters. The monoisotopic (exact) mass is 196 g/mol. The zero-order valence-electron chi connectivity index (χ0n) is 8.07. The van der Waals surface area contributed by atoms with Crippen LogP contribution in [0, 0.1) is 0 Å². The van der Waals surface area contributed by atoms with Gasteiger partial charge in [-0.3, -0.25) is 0 Å². The number of methoxy groups -OCH3 is 1. The van der Waals surface area contributed by atoms with Gasteiger partial charge in [0.1, 0.15) is 17.1 Å². The smallest absolute Gasteiger partial charge is 0.339 e. The van der Waals surface area contributed by atoms with Crippen molar-refractivity contribution in [3.63, 3.8) is 0 Å². The fourth-order valence-electron chi connectivity index (χ4n) is 1.36. The molecule has 0 radical (unpaired) electrons. The van der Waals surface area contributed by atoms with Crippen molar-refractivity contribution in [1.29, 1.82) is 0 Å². The Balaban J connectivity index is 3.40. The third kappa shape index (κ3) is 1.64. The number of benzene rings is 1. The molecule has 76 valence electrons. The molecule has 4 heteroatoms. The highest BCUT2D eigenvalue weighted by molar-refractivity contribution is 5.91. The van der Waals surface area contributed by atoms with Crippen LogP contribution in [0.15, 0.2) is 12.1 Å². The summed E-state index contributed by atoms with van der Waals surface area (Å²) in [5.41, 5.74) is 0.592. The molecule has 0 aromatic heterocycles. The lowest BCUT2D eigenvalue weighted by molar-refractivity contribution is 0.0693. The van der Waals surface area contributed by atoms with E-state index in [-0.39, 0.29) is 17.1 Å². The SMILES string of the molecule is CCc1c(O)ccc(C(=O)O)c1OC. The maximum Gasteiger partial charge on any atom is 0.339 e. The summed E-state index contributed by atoms with van der Waals surface area (Å²) in [6.07, 6.45) is 0.524. The fraction of sp³-hybridized carbons (Fsp3) is 0.300. The van der Waals surface area contributed by atoms with E-state index in [4.69, 9.17) is 9.84 Å². The molecule has 0 fully saturated rings. The van der Waals surface area contributed by atoms with E-state index in [0.29, 0.717) is 12.0 Å². The minimum atomic E-state index is -1.06. The number of carboxylic acid groups (broad SMARTS) is 1. The minimum Gasteiger partial charge on any atom is -0.508 e. The Hall–Kier alpha value is -1.71. The normalized spacial score (nSPS) is 9.86. The molecule has 0 heterocycles. The number of aromatic carboxylic acids is 1. The van der Waals surface area contributed by atoms with E-state index in [2.05, 4.69) is 0 Å². The maximum absolute atomic E-state index is 10.8. The van der Waals surface area contributed by atoms with Crippen molar-refractivity contribution >= 4 is 5.97 Å². The topological polar surface area (TPSA) is 66.8 Å². The Morgan fingerprint density at radius 1 is 1.50 bits per heavy atom. The number of rotatable bonds is 3. The second kappa shape index (κ2) is 4.00. The van der Waals surface area contributed by atoms with Crippen LogP contribution in [0.2, 0.25) is 0 Å². The quantitative estimate of drug-likeness (QED) is 0.771. The van der Waals surface area contributed by atoms with Crippen molar-refractivity contribution in [2.45, 2.75) is 13.3 Å². The second-order valence-corrected chi connectivity index (χ2v) is 2.80. The first-order valence-electron chi connectivity index (χ1n) is 4.24. The van der Waals surface area contributed by atoms with Gasteiger partial charge in [0.05, 0.1) is 7.11 Å². The average molecular weight is 196 g/mol. The molecular weight excluding hydrogens is 184 g/mol. The molecule has 14 heavy (non-hydrogen) atoms. The third-order valence-electron chi connectivity index (χ3n) is 2.02. The Morgan fingerprint density at radius 2 is 2.14 bits per heavy atom. The Morgan fingerprint density at radius 3 is 2.57 bits per heavy atom. The standard InChI is InChI=1S/C10H12O4/c1-3-6-8(11)5-4-7(10(12)13)9(6)14-2/h4-5,11H,3H2,1-2H3,(H,12,13). The summed E-state index contributed by atoms with van der Waals surface area (Å²) < 4.78 is 4.97. The van der Waals surface area contributed by atoms with Gasteiger partial charge in [-0.05, 0) is 18.6 Å². The van der Waals surface area contributed by atoms with Crippen LogP contribution in [-0.2, 0) is 6.42 Å². The summed E-state index contributed by atoms with van der Waals surface area (Å²) in [7, 11) is 1.39. The maximum atomic E-state index is 10.8. The van der Waals surface area contributed by atoms with Crippen molar-refractivity contribution < 1.29 is 19.7 Å². The van der Waals surface area contributed by atoms with E-state index in [0.717, 1.165) is 0 Å². The van der Waals surface area contributed by atoms with Gasteiger partial charge in [0.15, 0.2) is 0 Å². The molecule has 0 bridgehead atoms. The van der Waals surface area contributed by atoms with Gasteiger partial charge < -0.3 is 14.9 Å². The largest absolute Gasteiger partial charge is 0.508 e. The highest BCUT2D eigenvalue weighted by Gasteiger charge is 2.16. The molecule has 0 spiro atoms. The molecule has 0 amide bonds. The van der Waals surface area contributed by atoms with Crippen LogP contribution >= 0.6 is 0 Å². The lowest BCUT2D eigenvalue weighted by atomic mass is 10.1. The summed E-state index contributed by atoms with van der Waals surface area (Å²) in [5, 5.41) is 18.3. The number of hydrogen-bond donors (Lipinski definition) is 2. The van der Waals surface area contributed by atoms with Gasteiger partial charge >= 0.3 is 5.97 Å². The molecule has 0 unspecified atom stereocenters. The molecular formula is C10H12O4. The first-order valence-corrected chi connectivity index (χ1v) is 4.24. The van der Waals surface area contributed by atoms with E-state index >= 15 is 0 Å². The molecule has 0 aliphatic rings. The van der Waals surface area contributed by atoms with Crippen LogP contribution in [0.3, 0.4) is 0 Å². The van der Waals surface area contributed by atoms with Crippen molar-refractivity contribution in [3.8, 4) is 11.5 Å². The van der Waals surface area contributed by atoms with Gasteiger partial charge in [-0.2, -0.15) is 0 Å². The lowest BCUT2D eigenvalue weighted by Gasteiger charge is -2.11. The van der Waals surface area contributed by atoms with Gasteiger partial charge in [0, 0.05) is 5.56 Å². The summed E-state index contributed by atoms with van der Waals surface area (Å²) in [4.78, 5) is 10.8. The number of hydrogen-bond acceptors (Lipinski definition) is 3. The highest BCUT2D eigenvalue weighted by Crippen LogP contribution is 2.31. The third-order valence-corrected chi connectivity index (χ3v) is 2.02. The Bertz CT molecular complexity index is 357. The van der Waals surface area contributed by atoms with Gasteiger partial charge in [-0.25, -0.2) is 4.79 Å². The summed E-state index contributed by atoms with van der Waals surface area (Å²) in [6.45, 7) is 1.82. The van der Waals surface area contributed by atoms with E-state index in [1.165, 1.54) is 19.2 Å². The molecule has 1 aromatic carbocycles. The minimum absolute atomic E-state index is 0.0642. The second-order valence-electron chi connectivity index (χ2n) is 2.80. The van der Waals surface area contributed by atoms with Gasteiger partial charge in [-0.15, -0.1) is 0 Å². The number of phenols is 1. The van der Waals surface area contributed by atoms with Gasteiger partial charge in [0.25, 0.3) is 0 Å². The number of carbonyl (C=O) groups is 1. The Kier molecular flexibility index (Phi) is 2.96. The molecule has 0 aliphatic heterocycles. The average Bonchev–Trinajstić information content (AvgIpc) is 2.16. The molecule has 1 aromatic rings. The van der Waals surface area contributed by atoms with Crippen LogP contribution in [0.5, 0.6) is 11.5 Å². The summed E-state index contributed by atoms with van der Waals surface area (Å²) in [5.74, 6) is -0.758. The highest BCUT2D eigenvalue weighted by atomic mass is 16.5. The lowest BCUT2D eigenvalue weighted by Crippen LogP contribution is -2.03. The molecule has 0 saturated heterocycles. The Labute approximate surface area is 81.8 Å². The zero-order chi connectivity index (χ0) is 10.7. The van der Waals surface area contributed by atoms with Crippen LogP contribution < -0.4 is 4.74 Å². The molecule has 0 aliphatic carbocycles. The van der Waals surface area contributed by atoms with Crippen LogP contribution in [-0.4, -0.2) is 23.3 Å². The van der Waals surface area contributed by atoms with E-state index < -0.39 is 5.97 Å². The number of aromatic hydroxyl groups is 1. The van der Waals surface area contributed by atoms with Crippen molar-refractivity contribution in [3.05, 3.63) is 23.3 Å². The zero-order valence-corrected chi connectivity index (χ0v) is 8.07. The summed E-state index contributed by atoms with van der Waals surface area (Å²) >= 11 is 0. The number of phenolic OH excluding ortho intramolecular Hbond substituents is 1. The van der Waals surface area contributed by atoms with Crippen molar-refractivity contribution in [2.24, 2.45) is 0 Å². The van der Waals surface area contributed by atoms with E-state index in [1.54, 1.807) is 0 Å². The van der Waals surface area contributed by atoms with E-state index in [1.807, 2.05) is 6.92 Å². The molecule has 0 saturated carbocycles. The first-order chi connectivity index (χ1) is 6.61. The molecule has 4 nitrogen and oxygen atoms in total. The fourth-order valence-corrected chi connectivity index (χ4v) is 1.36. The van der Waals surface area contributed by atoms with E-state index in [9.17, 15) is 9.90 Å². The number of carboxylic acids is 1. The van der Waals surface area contributed by atoms with Crippen molar-refractivity contribution in [1.82, 2.24) is 0 Å². The van der Waals surface area contributed by atoms with Crippen LogP contribution in [0.25, 0.3) is 0 Å². The van der Waals surface area contributed by atoms with Crippen LogP contribution in [0.1, 0.15) is 22.8 Å². The predicted molar refractivity (Wildman–Crippen MR) is 51.0 cm³/mol. The molecule has 1 rings (SSSR count). The van der Waals surface area contributed by atoms with Gasteiger partial charge in [0.2, 0.25) is 0 Å². The molecule has 2 N–H and O–H groups in total. The summed E-state index contributed by atoms with van der Waals surface area (Å²) in [6, 6.07) is 2.69. The van der Waals surface area contributed by atoms with Gasteiger partial charge in [-0.1, -0.05) is 6.92 Å².